The number of rotatable bonds is 0. The van der Waals surface area contributed by atoms with Gasteiger partial charge >= 0.3 is 6.09 Å². The molecule has 2 heterocycles. The van der Waals surface area contributed by atoms with Gasteiger partial charge in [-0.25, -0.2) is 4.79 Å². The van der Waals surface area contributed by atoms with E-state index in [-0.39, 0.29) is 11.7 Å². The Kier molecular flexibility index (Phi) is 2.90. The summed E-state index contributed by atoms with van der Waals surface area (Å²) in [6.07, 6.45) is 3.33. The van der Waals surface area contributed by atoms with Crippen LogP contribution in [0.1, 0.15) is 40.0 Å². The van der Waals surface area contributed by atoms with Gasteiger partial charge in [0.2, 0.25) is 0 Å². The summed E-state index contributed by atoms with van der Waals surface area (Å²) in [5.41, 5.74) is -0.375. The van der Waals surface area contributed by atoms with Gasteiger partial charge in [-0.2, -0.15) is 0 Å². The van der Waals surface area contributed by atoms with Crippen molar-refractivity contribution >= 4 is 28.7 Å². The van der Waals surface area contributed by atoms with Crippen LogP contribution in [0.2, 0.25) is 0 Å². The van der Waals surface area contributed by atoms with Gasteiger partial charge in [-0.15, -0.1) is 0 Å². The molecule has 0 aromatic rings. The molecule has 0 aromatic heterocycles. The SMILES string of the molecule is CC(C)(C)OC(=O)N1C2CC[C@@H]1CC2I. The van der Waals surface area contributed by atoms with Crippen LogP contribution in [-0.4, -0.2) is 32.6 Å². The summed E-state index contributed by atoms with van der Waals surface area (Å²) in [7, 11) is 0. The number of carbonyl (C=O) groups excluding carboxylic acids is 1. The third-order valence-electron chi connectivity index (χ3n) is 3.07. The number of hydrogen-bond donors (Lipinski definition) is 0. The lowest BCUT2D eigenvalue weighted by atomic mass is 10.0. The average molecular weight is 323 g/mol. The molecular weight excluding hydrogens is 305 g/mol. The molecule has 0 aromatic carbocycles. The number of alkyl halides is 1. The maximum Gasteiger partial charge on any atom is 0.410 e. The molecule has 2 rings (SSSR count). The molecule has 2 bridgehead atoms. The van der Waals surface area contributed by atoms with Gasteiger partial charge in [0.05, 0.1) is 0 Å². The number of halogens is 1. The van der Waals surface area contributed by atoms with Crippen LogP contribution in [0.15, 0.2) is 0 Å². The van der Waals surface area contributed by atoms with Crippen molar-refractivity contribution in [2.75, 3.05) is 0 Å². The molecule has 2 unspecified atom stereocenters. The van der Waals surface area contributed by atoms with Crippen molar-refractivity contribution in [3.63, 3.8) is 0 Å². The summed E-state index contributed by atoms with van der Waals surface area (Å²) in [5, 5.41) is 0. The topological polar surface area (TPSA) is 29.5 Å². The number of fused-ring (bicyclic) bond motifs is 2. The van der Waals surface area contributed by atoms with Gasteiger partial charge in [-0.05, 0) is 40.0 Å². The first kappa shape index (κ1) is 11.5. The fourth-order valence-corrected chi connectivity index (χ4v) is 3.81. The van der Waals surface area contributed by atoms with Gasteiger partial charge in [-0.1, -0.05) is 22.6 Å². The Morgan fingerprint density at radius 3 is 2.47 bits per heavy atom. The van der Waals surface area contributed by atoms with Crippen molar-refractivity contribution in [1.82, 2.24) is 4.90 Å². The smallest absolute Gasteiger partial charge is 0.410 e. The lowest BCUT2D eigenvalue weighted by molar-refractivity contribution is 0.0219. The van der Waals surface area contributed by atoms with E-state index in [2.05, 4.69) is 22.6 Å². The molecule has 2 aliphatic rings. The molecular formula is C11H18INO2. The largest absolute Gasteiger partial charge is 0.444 e. The van der Waals surface area contributed by atoms with Crippen LogP contribution in [0.4, 0.5) is 4.79 Å². The Balaban J connectivity index is 2.03. The normalized spacial score (nSPS) is 34.7. The molecule has 1 amide bonds. The Hall–Kier alpha value is 0. The summed E-state index contributed by atoms with van der Waals surface area (Å²) in [4.78, 5) is 13.9. The van der Waals surface area contributed by atoms with Crippen molar-refractivity contribution in [3.8, 4) is 0 Å². The molecule has 0 radical (unpaired) electrons. The minimum atomic E-state index is -0.375. The van der Waals surface area contributed by atoms with E-state index in [0.29, 0.717) is 16.0 Å². The second-order valence-electron chi connectivity index (χ2n) is 5.44. The Morgan fingerprint density at radius 2 is 2.07 bits per heavy atom. The molecule has 4 heteroatoms. The van der Waals surface area contributed by atoms with E-state index in [1.165, 1.54) is 0 Å². The van der Waals surface area contributed by atoms with Crippen LogP contribution in [0.3, 0.4) is 0 Å². The first-order valence-corrected chi connectivity index (χ1v) is 6.78. The second-order valence-corrected chi connectivity index (χ2v) is 7.04. The van der Waals surface area contributed by atoms with Crippen LogP contribution < -0.4 is 0 Å². The zero-order valence-corrected chi connectivity index (χ0v) is 11.7. The predicted octanol–water partition coefficient (Wildman–Crippen LogP) is 2.96. The Bertz CT molecular complexity index is 274. The van der Waals surface area contributed by atoms with E-state index in [0.717, 1.165) is 19.3 Å². The maximum absolute atomic E-state index is 12.0. The van der Waals surface area contributed by atoms with Crippen molar-refractivity contribution in [3.05, 3.63) is 0 Å². The zero-order valence-electron chi connectivity index (χ0n) is 9.50. The molecule has 2 aliphatic heterocycles. The van der Waals surface area contributed by atoms with Gasteiger partial charge < -0.3 is 9.64 Å². The van der Waals surface area contributed by atoms with Gasteiger partial charge in [-0.3, -0.25) is 0 Å². The molecule has 2 saturated heterocycles. The summed E-state index contributed by atoms with van der Waals surface area (Å²) in [5.74, 6) is 0. The summed E-state index contributed by atoms with van der Waals surface area (Å²) >= 11 is 2.46. The quantitative estimate of drug-likeness (QED) is 0.507. The maximum atomic E-state index is 12.0. The highest BCUT2D eigenvalue weighted by molar-refractivity contribution is 14.1. The molecule has 0 aliphatic carbocycles. The summed E-state index contributed by atoms with van der Waals surface area (Å²) < 4.78 is 6.05. The van der Waals surface area contributed by atoms with Crippen LogP contribution >= 0.6 is 22.6 Å². The Labute approximate surface area is 105 Å². The standard InChI is InChI=1S/C11H18INO2/c1-11(2,3)15-10(14)13-7-4-5-9(13)8(12)6-7/h7-9H,4-6H2,1-3H3/t7-,8?,9?/m1/s1. The van der Waals surface area contributed by atoms with Crippen molar-refractivity contribution < 1.29 is 9.53 Å². The first-order valence-electron chi connectivity index (χ1n) is 5.54. The second kappa shape index (κ2) is 3.79. The highest BCUT2D eigenvalue weighted by Gasteiger charge is 2.48. The third kappa shape index (κ3) is 2.24. The zero-order chi connectivity index (χ0) is 11.2. The highest BCUT2D eigenvalue weighted by Crippen LogP contribution is 2.42. The molecule has 0 saturated carbocycles. The third-order valence-corrected chi connectivity index (χ3v) is 4.40. The molecule has 15 heavy (non-hydrogen) atoms. The van der Waals surface area contributed by atoms with E-state index >= 15 is 0 Å². The number of ether oxygens (including phenoxy) is 1. The molecule has 3 atom stereocenters. The first-order chi connectivity index (χ1) is 6.88. The minimum Gasteiger partial charge on any atom is -0.444 e. The Morgan fingerprint density at radius 1 is 1.40 bits per heavy atom. The minimum absolute atomic E-state index is 0.117. The monoisotopic (exact) mass is 323 g/mol. The van der Waals surface area contributed by atoms with Crippen molar-refractivity contribution in [2.45, 2.75) is 61.6 Å². The predicted molar refractivity (Wildman–Crippen MR) is 67.3 cm³/mol. The van der Waals surface area contributed by atoms with Crippen molar-refractivity contribution in [2.24, 2.45) is 0 Å². The van der Waals surface area contributed by atoms with Crippen LogP contribution in [0.25, 0.3) is 0 Å². The summed E-state index contributed by atoms with van der Waals surface area (Å²) in [6.45, 7) is 5.76. The lowest BCUT2D eigenvalue weighted by Crippen LogP contribution is -2.40. The van der Waals surface area contributed by atoms with Gasteiger partial charge in [0.1, 0.15) is 5.60 Å². The lowest BCUT2D eigenvalue weighted by Gasteiger charge is -2.27. The fraction of sp³-hybridized carbons (Fsp3) is 0.909. The van der Waals surface area contributed by atoms with Crippen molar-refractivity contribution in [1.29, 1.82) is 0 Å². The van der Waals surface area contributed by atoms with E-state index < -0.39 is 0 Å². The van der Waals surface area contributed by atoms with E-state index in [1.54, 1.807) is 0 Å². The molecule has 3 nitrogen and oxygen atoms in total. The fourth-order valence-electron chi connectivity index (χ4n) is 2.51. The molecule has 2 fully saturated rings. The van der Waals surface area contributed by atoms with E-state index in [9.17, 15) is 4.79 Å². The van der Waals surface area contributed by atoms with Gasteiger partial charge in [0.15, 0.2) is 0 Å². The summed E-state index contributed by atoms with van der Waals surface area (Å²) in [6, 6.07) is 0.859. The number of carbonyl (C=O) groups is 1. The van der Waals surface area contributed by atoms with Gasteiger partial charge in [0, 0.05) is 16.0 Å². The molecule has 86 valence electrons. The average Bonchev–Trinajstić information content (AvgIpc) is 2.55. The van der Waals surface area contributed by atoms with E-state index in [4.69, 9.17) is 4.74 Å². The number of nitrogens with zero attached hydrogens (tertiary/aromatic N) is 1. The number of hydrogen-bond acceptors (Lipinski definition) is 2. The number of amides is 1. The van der Waals surface area contributed by atoms with Gasteiger partial charge in [0.25, 0.3) is 0 Å². The van der Waals surface area contributed by atoms with Crippen LogP contribution in [-0.2, 0) is 4.74 Å². The van der Waals surface area contributed by atoms with Crippen LogP contribution in [0.5, 0.6) is 0 Å². The molecule has 0 spiro atoms. The van der Waals surface area contributed by atoms with Crippen LogP contribution in [0, 0.1) is 0 Å². The highest BCUT2D eigenvalue weighted by atomic mass is 127. The molecule has 0 N–H and O–H groups in total. The van der Waals surface area contributed by atoms with E-state index in [1.807, 2.05) is 25.7 Å².